The number of hydrogen-bond acceptors (Lipinski definition) is 5. The molecule has 0 fully saturated rings. The lowest BCUT2D eigenvalue weighted by Gasteiger charge is -2.13. The molecule has 0 aliphatic heterocycles. The van der Waals surface area contributed by atoms with Crippen LogP contribution in [0.15, 0.2) is 65.7 Å². The third kappa shape index (κ3) is 4.53. The third-order valence-electron chi connectivity index (χ3n) is 4.07. The Balaban J connectivity index is 1.76. The van der Waals surface area contributed by atoms with Crippen LogP contribution in [0, 0.1) is 0 Å². The van der Waals surface area contributed by atoms with E-state index in [0.29, 0.717) is 16.8 Å². The molecule has 0 saturated carbocycles. The second-order valence-corrected chi connectivity index (χ2v) is 8.05. The first-order valence-corrected chi connectivity index (χ1v) is 10.2. The van der Waals surface area contributed by atoms with E-state index in [1.807, 2.05) is 18.2 Å². The number of amides is 1. The Morgan fingerprint density at radius 1 is 1.11 bits per heavy atom. The largest absolute Gasteiger partial charge is 0.383 e. The lowest BCUT2D eigenvalue weighted by molar-refractivity contribution is 0.102. The summed E-state index contributed by atoms with van der Waals surface area (Å²) in [6, 6.07) is 14.7. The van der Waals surface area contributed by atoms with Crippen LogP contribution >= 0.6 is 0 Å². The molecule has 3 aromatic rings. The zero-order valence-electron chi connectivity index (χ0n) is 15.5. The number of nitrogens with one attached hydrogen (secondary N) is 2. The molecule has 2 N–H and O–H groups in total. The highest BCUT2D eigenvalue weighted by Gasteiger charge is 2.17. The van der Waals surface area contributed by atoms with Gasteiger partial charge in [0.1, 0.15) is 0 Å². The van der Waals surface area contributed by atoms with Crippen molar-refractivity contribution in [2.75, 3.05) is 19.0 Å². The van der Waals surface area contributed by atoms with Gasteiger partial charge in [-0.2, -0.15) is 0 Å². The monoisotopic (exact) mass is 399 g/mol. The summed E-state index contributed by atoms with van der Waals surface area (Å²) in [5.41, 5.74) is 1.55. The van der Waals surface area contributed by atoms with E-state index in [1.54, 1.807) is 37.4 Å². The van der Waals surface area contributed by atoms with Crippen molar-refractivity contribution in [1.29, 1.82) is 0 Å². The van der Waals surface area contributed by atoms with Gasteiger partial charge in [0.15, 0.2) is 0 Å². The van der Waals surface area contributed by atoms with E-state index in [1.165, 1.54) is 19.2 Å². The van der Waals surface area contributed by atoms with Crippen LogP contribution in [-0.2, 0) is 14.8 Å². The average Bonchev–Trinajstić information content (AvgIpc) is 2.67. The molecule has 1 heterocycles. The molecular weight excluding hydrogens is 378 g/mol. The van der Waals surface area contributed by atoms with E-state index in [4.69, 9.17) is 4.74 Å². The number of anilines is 1. The van der Waals surface area contributed by atoms with Crippen LogP contribution in [-0.4, -0.2) is 39.1 Å². The number of rotatable bonds is 7. The van der Waals surface area contributed by atoms with Crippen LogP contribution in [0.3, 0.4) is 0 Å². The fourth-order valence-electron chi connectivity index (χ4n) is 2.82. The first-order chi connectivity index (χ1) is 13.4. The third-order valence-corrected chi connectivity index (χ3v) is 5.68. The highest BCUT2D eigenvalue weighted by Crippen LogP contribution is 2.19. The zero-order valence-corrected chi connectivity index (χ0v) is 16.4. The standard InChI is InChI=1S/C20H21N3O4S/c1-14(13-27-2)23-28(25,26)17-10-8-16(9-11-17)22-20(24)18-7-3-5-15-6-4-12-21-19(15)18/h3-12,14,23H,13H2,1-2H3,(H,22,24)/t14-/m1/s1. The smallest absolute Gasteiger partial charge is 0.257 e. The molecule has 0 aliphatic carbocycles. The molecule has 1 amide bonds. The van der Waals surface area contributed by atoms with Gasteiger partial charge in [0, 0.05) is 30.4 Å². The number of benzene rings is 2. The van der Waals surface area contributed by atoms with Gasteiger partial charge in [-0.1, -0.05) is 18.2 Å². The van der Waals surface area contributed by atoms with Crippen LogP contribution in [0.4, 0.5) is 5.69 Å². The van der Waals surface area contributed by atoms with Crippen LogP contribution in [0.5, 0.6) is 0 Å². The van der Waals surface area contributed by atoms with Crippen molar-refractivity contribution in [1.82, 2.24) is 9.71 Å². The Bertz CT molecular complexity index is 1080. The molecule has 7 nitrogen and oxygen atoms in total. The molecule has 146 valence electrons. The van der Waals surface area contributed by atoms with Gasteiger partial charge in [0.25, 0.3) is 5.91 Å². The molecule has 1 atom stereocenters. The summed E-state index contributed by atoms with van der Waals surface area (Å²) in [4.78, 5) is 17.0. The van der Waals surface area contributed by atoms with E-state index < -0.39 is 10.0 Å². The minimum Gasteiger partial charge on any atom is -0.383 e. The molecule has 0 saturated heterocycles. The number of hydrogen-bond donors (Lipinski definition) is 2. The van der Waals surface area contributed by atoms with Gasteiger partial charge in [-0.15, -0.1) is 0 Å². The van der Waals surface area contributed by atoms with Gasteiger partial charge in [0.2, 0.25) is 10.0 Å². The number of ether oxygens (including phenoxy) is 1. The van der Waals surface area contributed by atoms with E-state index in [0.717, 1.165) is 5.39 Å². The number of methoxy groups -OCH3 is 1. The van der Waals surface area contributed by atoms with Gasteiger partial charge in [-0.3, -0.25) is 9.78 Å². The molecule has 0 bridgehead atoms. The minimum absolute atomic E-state index is 0.111. The topological polar surface area (TPSA) is 97.4 Å². The number of fused-ring (bicyclic) bond motifs is 1. The number of carbonyl (C=O) groups excluding carboxylic acids is 1. The second kappa shape index (κ2) is 8.47. The first kappa shape index (κ1) is 19.9. The van der Waals surface area contributed by atoms with Crippen molar-refractivity contribution in [3.8, 4) is 0 Å². The van der Waals surface area contributed by atoms with Gasteiger partial charge >= 0.3 is 0 Å². The van der Waals surface area contributed by atoms with Gasteiger partial charge in [-0.05, 0) is 43.3 Å². The van der Waals surface area contributed by atoms with Crippen LogP contribution in [0.1, 0.15) is 17.3 Å². The lowest BCUT2D eigenvalue weighted by Crippen LogP contribution is -2.35. The maximum atomic E-state index is 12.6. The molecule has 8 heteroatoms. The van der Waals surface area contributed by atoms with Crippen molar-refractivity contribution >= 4 is 32.5 Å². The number of para-hydroxylation sites is 1. The molecule has 0 aliphatic rings. The van der Waals surface area contributed by atoms with E-state index in [2.05, 4.69) is 15.0 Å². The van der Waals surface area contributed by atoms with Gasteiger partial charge in [0.05, 0.1) is 22.6 Å². The van der Waals surface area contributed by atoms with Gasteiger partial charge in [-0.25, -0.2) is 13.1 Å². The minimum atomic E-state index is -3.66. The Labute approximate surface area is 163 Å². The summed E-state index contributed by atoms with van der Waals surface area (Å²) >= 11 is 0. The summed E-state index contributed by atoms with van der Waals surface area (Å²) in [5, 5.41) is 3.64. The number of nitrogens with zero attached hydrogens (tertiary/aromatic N) is 1. The second-order valence-electron chi connectivity index (χ2n) is 6.34. The molecule has 0 unspecified atom stereocenters. The fourth-order valence-corrected chi connectivity index (χ4v) is 4.05. The Kier molecular flexibility index (Phi) is 6.03. The molecule has 0 radical (unpaired) electrons. The van der Waals surface area contributed by atoms with Crippen molar-refractivity contribution in [3.63, 3.8) is 0 Å². The van der Waals surface area contributed by atoms with Crippen LogP contribution in [0.25, 0.3) is 10.9 Å². The van der Waals surface area contributed by atoms with Crippen molar-refractivity contribution in [2.24, 2.45) is 0 Å². The van der Waals surface area contributed by atoms with Crippen molar-refractivity contribution in [3.05, 3.63) is 66.4 Å². The summed E-state index contributed by atoms with van der Waals surface area (Å²) in [7, 11) is -2.15. The number of sulfonamides is 1. The van der Waals surface area contributed by atoms with Crippen molar-refractivity contribution < 1.29 is 17.9 Å². The summed E-state index contributed by atoms with van der Waals surface area (Å²) < 4.78 is 32.2. The quantitative estimate of drug-likeness (QED) is 0.637. The number of aromatic nitrogens is 1. The lowest BCUT2D eigenvalue weighted by atomic mass is 10.1. The highest BCUT2D eigenvalue weighted by atomic mass is 32.2. The average molecular weight is 399 g/mol. The first-order valence-electron chi connectivity index (χ1n) is 8.67. The molecular formula is C20H21N3O4S. The van der Waals surface area contributed by atoms with Crippen LogP contribution < -0.4 is 10.0 Å². The fraction of sp³-hybridized carbons (Fsp3) is 0.200. The summed E-state index contributed by atoms with van der Waals surface area (Å²) in [6.07, 6.45) is 1.64. The Morgan fingerprint density at radius 2 is 1.82 bits per heavy atom. The molecule has 1 aromatic heterocycles. The highest BCUT2D eigenvalue weighted by molar-refractivity contribution is 7.89. The van der Waals surface area contributed by atoms with E-state index >= 15 is 0 Å². The number of pyridine rings is 1. The summed E-state index contributed by atoms with van der Waals surface area (Å²) in [6.45, 7) is 1.99. The van der Waals surface area contributed by atoms with Crippen molar-refractivity contribution in [2.45, 2.75) is 17.9 Å². The SMILES string of the molecule is COC[C@@H](C)NS(=O)(=O)c1ccc(NC(=O)c2cccc3cccnc23)cc1. The van der Waals surface area contributed by atoms with Gasteiger partial charge < -0.3 is 10.1 Å². The Hall–Kier alpha value is -2.81. The molecule has 28 heavy (non-hydrogen) atoms. The molecule has 2 aromatic carbocycles. The number of carbonyl (C=O) groups is 1. The molecule has 0 spiro atoms. The maximum Gasteiger partial charge on any atom is 0.257 e. The maximum absolute atomic E-state index is 12.6. The van der Waals surface area contributed by atoms with Crippen LogP contribution in [0.2, 0.25) is 0 Å². The van der Waals surface area contributed by atoms with E-state index in [-0.39, 0.29) is 23.5 Å². The summed E-state index contributed by atoms with van der Waals surface area (Å²) in [5.74, 6) is -0.313. The predicted octanol–water partition coefficient (Wildman–Crippen LogP) is 2.80. The molecule has 3 rings (SSSR count). The van der Waals surface area contributed by atoms with E-state index in [9.17, 15) is 13.2 Å². The zero-order chi connectivity index (χ0) is 20.1. The normalized spacial score (nSPS) is 12.6. The predicted molar refractivity (Wildman–Crippen MR) is 108 cm³/mol. The Morgan fingerprint density at radius 3 is 2.54 bits per heavy atom.